The Morgan fingerprint density at radius 3 is 2.92 bits per heavy atom. The Labute approximate surface area is 164 Å². The number of aromatic nitrogens is 4. The minimum absolute atomic E-state index is 0.0853. The molecule has 0 aliphatic carbocycles. The van der Waals surface area contributed by atoms with Crippen LogP contribution in [0.25, 0.3) is 0 Å². The van der Waals surface area contributed by atoms with Gasteiger partial charge in [-0.25, -0.2) is 0 Å². The van der Waals surface area contributed by atoms with Crippen molar-refractivity contribution in [2.45, 2.75) is 26.4 Å². The van der Waals surface area contributed by atoms with Crippen molar-refractivity contribution >= 4 is 45.9 Å². The van der Waals surface area contributed by atoms with E-state index in [1.54, 1.807) is 16.9 Å². The van der Waals surface area contributed by atoms with Crippen molar-refractivity contribution in [3.8, 4) is 0 Å². The lowest BCUT2D eigenvalue weighted by Crippen LogP contribution is -2.16. The molecule has 0 aliphatic heterocycles. The molecule has 0 unspecified atom stereocenters. The molecule has 0 saturated carbocycles. The molecule has 25 heavy (non-hydrogen) atoms. The lowest BCUT2D eigenvalue weighted by atomic mass is 10.2. The first-order chi connectivity index (χ1) is 12.0. The summed E-state index contributed by atoms with van der Waals surface area (Å²) in [5.41, 5.74) is 2.12. The summed E-state index contributed by atoms with van der Waals surface area (Å²) >= 11 is 8.22. The van der Waals surface area contributed by atoms with Crippen LogP contribution in [-0.2, 0) is 17.9 Å². The summed E-state index contributed by atoms with van der Waals surface area (Å²) in [4.78, 5) is 12.1. The van der Waals surface area contributed by atoms with Crippen LogP contribution in [0.1, 0.15) is 17.7 Å². The molecule has 3 aromatic rings. The topological polar surface area (TPSA) is 64.7 Å². The van der Waals surface area contributed by atoms with E-state index in [1.165, 1.54) is 0 Å². The van der Waals surface area contributed by atoms with E-state index >= 15 is 0 Å². The van der Waals surface area contributed by atoms with E-state index in [4.69, 9.17) is 11.6 Å². The van der Waals surface area contributed by atoms with Crippen LogP contribution in [0.3, 0.4) is 0 Å². The van der Waals surface area contributed by atoms with Crippen molar-refractivity contribution in [1.29, 1.82) is 0 Å². The normalized spacial score (nSPS) is 10.8. The maximum absolute atomic E-state index is 12.1. The standard InChI is InChI=1S/C17H17ClIN5O/c1-12-15(19)10-20-24(12)8-6-17(25)21-16-5-7-23(22-16)11-13-3-2-4-14(18)9-13/h2-5,7,9-10H,6,8,11H2,1H3,(H,21,22,25). The monoisotopic (exact) mass is 469 g/mol. The van der Waals surface area contributed by atoms with Crippen molar-refractivity contribution in [2.75, 3.05) is 5.32 Å². The number of carbonyl (C=O) groups excluding carboxylic acids is 1. The zero-order chi connectivity index (χ0) is 17.8. The number of amides is 1. The summed E-state index contributed by atoms with van der Waals surface area (Å²) in [5, 5.41) is 12.1. The number of carbonyl (C=O) groups is 1. The molecule has 0 atom stereocenters. The Morgan fingerprint density at radius 2 is 2.20 bits per heavy atom. The third kappa shape index (κ3) is 4.82. The Hall–Kier alpha value is -1.87. The largest absolute Gasteiger partial charge is 0.309 e. The highest BCUT2D eigenvalue weighted by Gasteiger charge is 2.08. The Morgan fingerprint density at radius 1 is 1.36 bits per heavy atom. The molecule has 8 heteroatoms. The summed E-state index contributed by atoms with van der Waals surface area (Å²) < 4.78 is 4.69. The van der Waals surface area contributed by atoms with Crippen LogP contribution in [0.4, 0.5) is 5.82 Å². The minimum atomic E-state index is -0.0853. The van der Waals surface area contributed by atoms with Gasteiger partial charge in [0.15, 0.2) is 5.82 Å². The number of hydrogen-bond donors (Lipinski definition) is 1. The highest BCUT2D eigenvalue weighted by Crippen LogP contribution is 2.13. The minimum Gasteiger partial charge on any atom is -0.309 e. The average Bonchev–Trinajstić information content (AvgIpc) is 3.13. The molecule has 0 aliphatic rings. The fraction of sp³-hybridized carbons (Fsp3) is 0.235. The molecule has 2 heterocycles. The number of hydrogen-bond acceptors (Lipinski definition) is 3. The van der Waals surface area contributed by atoms with Crippen LogP contribution in [0.5, 0.6) is 0 Å². The smallest absolute Gasteiger partial charge is 0.227 e. The summed E-state index contributed by atoms with van der Waals surface area (Å²) in [7, 11) is 0. The van der Waals surface area contributed by atoms with E-state index in [0.29, 0.717) is 30.4 Å². The summed E-state index contributed by atoms with van der Waals surface area (Å²) in [6, 6.07) is 9.41. The first-order valence-electron chi connectivity index (χ1n) is 7.77. The molecule has 0 spiro atoms. The van der Waals surface area contributed by atoms with Crippen LogP contribution in [0.2, 0.25) is 5.02 Å². The maximum Gasteiger partial charge on any atom is 0.227 e. The number of rotatable bonds is 6. The average molecular weight is 470 g/mol. The predicted molar refractivity (Wildman–Crippen MR) is 106 cm³/mol. The van der Waals surface area contributed by atoms with Gasteiger partial charge in [-0.1, -0.05) is 23.7 Å². The van der Waals surface area contributed by atoms with Gasteiger partial charge in [0.2, 0.25) is 5.91 Å². The zero-order valence-electron chi connectivity index (χ0n) is 13.6. The van der Waals surface area contributed by atoms with Crippen LogP contribution in [0.15, 0.2) is 42.7 Å². The van der Waals surface area contributed by atoms with Gasteiger partial charge in [-0.2, -0.15) is 10.2 Å². The highest BCUT2D eigenvalue weighted by molar-refractivity contribution is 14.1. The van der Waals surface area contributed by atoms with E-state index in [9.17, 15) is 4.79 Å². The van der Waals surface area contributed by atoms with Crippen molar-refractivity contribution in [2.24, 2.45) is 0 Å². The van der Waals surface area contributed by atoms with Gasteiger partial charge in [0.1, 0.15) is 0 Å². The molecule has 2 aromatic heterocycles. The lowest BCUT2D eigenvalue weighted by Gasteiger charge is -2.05. The van der Waals surface area contributed by atoms with Crippen molar-refractivity contribution < 1.29 is 4.79 Å². The molecule has 6 nitrogen and oxygen atoms in total. The molecule has 1 amide bonds. The molecule has 3 rings (SSSR count). The number of halogens is 2. The molecular formula is C17H17ClIN5O. The first-order valence-corrected chi connectivity index (χ1v) is 9.22. The van der Waals surface area contributed by atoms with Crippen LogP contribution >= 0.6 is 34.2 Å². The molecule has 0 bridgehead atoms. The van der Waals surface area contributed by atoms with Crippen molar-refractivity contribution in [3.05, 3.63) is 62.6 Å². The quantitative estimate of drug-likeness (QED) is 0.560. The third-order valence-corrected chi connectivity index (χ3v) is 5.03. The highest BCUT2D eigenvalue weighted by atomic mass is 127. The summed E-state index contributed by atoms with van der Waals surface area (Å²) in [6.45, 7) is 3.13. The molecule has 1 aromatic carbocycles. The van der Waals surface area contributed by atoms with E-state index in [2.05, 4.69) is 38.1 Å². The maximum atomic E-state index is 12.1. The zero-order valence-corrected chi connectivity index (χ0v) is 16.5. The Kier molecular flexibility index (Phi) is 5.74. The third-order valence-electron chi connectivity index (χ3n) is 3.74. The second-order valence-electron chi connectivity index (χ2n) is 5.63. The molecule has 0 fully saturated rings. The van der Waals surface area contributed by atoms with Crippen LogP contribution in [0, 0.1) is 10.5 Å². The number of nitrogens with zero attached hydrogens (tertiary/aromatic N) is 4. The molecular weight excluding hydrogens is 453 g/mol. The van der Waals surface area contributed by atoms with Crippen LogP contribution in [-0.4, -0.2) is 25.5 Å². The Bertz CT molecular complexity index is 889. The van der Waals surface area contributed by atoms with E-state index < -0.39 is 0 Å². The van der Waals surface area contributed by atoms with E-state index in [-0.39, 0.29) is 5.91 Å². The van der Waals surface area contributed by atoms with Gasteiger partial charge in [0.05, 0.1) is 22.9 Å². The second kappa shape index (κ2) is 8.01. The summed E-state index contributed by atoms with van der Waals surface area (Å²) in [6.07, 6.45) is 3.97. The predicted octanol–water partition coefficient (Wildman–Crippen LogP) is 3.72. The van der Waals surface area contributed by atoms with Gasteiger partial charge < -0.3 is 5.32 Å². The fourth-order valence-electron chi connectivity index (χ4n) is 2.40. The van der Waals surface area contributed by atoms with Crippen LogP contribution < -0.4 is 5.32 Å². The van der Waals surface area contributed by atoms with Crippen molar-refractivity contribution in [3.63, 3.8) is 0 Å². The van der Waals surface area contributed by atoms with Gasteiger partial charge in [0, 0.05) is 29.4 Å². The van der Waals surface area contributed by atoms with Gasteiger partial charge in [-0.15, -0.1) is 0 Å². The molecule has 0 saturated heterocycles. The van der Waals surface area contributed by atoms with Gasteiger partial charge in [0.25, 0.3) is 0 Å². The number of benzene rings is 1. The van der Waals surface area contributed by atoms with E-state index in [1.807, 2.05) is 42.1 Å². The SMILES string of the molecule is Cc1c(I)cnn1CCC(=O)Nc1ccn(Cc2cccc(Cl)c2)n1. The number of anilines is 1. The fourth-order valence-corrected chi connectivity index (χ4v) is 3.02. The first kappa shape index (κ1) is 17.9. The lowest BCUT2D eigenvalue weighted by molar-refractivity contribution is -0.116. The molecule has 1 N–H and O–H groups in total. The molecule has 130 valence electrons. The van der Waals surface area contributed by atoms with Gasteiger partial charge in [-0.3, -0.25) is 14.2 Å². The number of aryl methyl sites for hydroxylation is 1. The second-order valence-corrected chi connectivity index (χ2v) is 7.23. The number of nitrogens with one attached hydrogen (secondary N) is 1. The Balaban J connectivity index is 1.54. The summed E-state index contributed by atoms with van der Waals surface area (Å²) in [5.74, 6) is 0.455. The molecule has 0 radical (unpaired) electrons. The van der Waals surface area contributed by atoms with Gasteiger partial charge in [-0.05, 0) is 47.2 Å². The van der Waals surface area contributed by atoms with Crippen molar-refractivity contribution in [1.82, 2.24) is 19.6 Å². The van der Waals surface area contributed by atoms with E-state index in [0.717, 1.165) is 14.8 Å². The van der Waals surface area contributed by atoms with Gasteiger partial charge >= 0.3 is 0 Å².